The lowest BCUT2D eigenvalue weighted by Crippen LogP contribution is -2.44. The minimum atomic E-state index is -0.911. The molecule has 0 spiro atoms. The Labute approximate surface area is 179 Å². The quantitative estimate of drug-likeness (QED) is 0.540. The molecular weight excluding hydrogens is 404 g/mol. The van der Waals surface area contributed by atoms with E-state index < -0.39 is 22.2 Å². The lowest BCUT2D eigenvalue weighted by molar-refractivity contribution is -0.384. The Kier molecular flexibility index (Phi) is 5.88. The van der Waals surface area contributed by atoms with Crippen LogP contribution in [0.5, 0.6) is 11.5 Å². The van der Waals surface area contributed by atoms with E-state index in [0.29, 0.717) is 22.7 Å². The molecule has 2 aromatic rings. The summed E-state index contributed by atoms with van der Waals surface area (Å²) in [5, 5.41) is 13.4. The van der Waals surface area contributed by atoms with Crippen molar-refractivity contribution in [3.05, 3.63) is 58.1 Å². The Bertz CT molecular complexity index is 1010. The molecule has 164 valence electrons. The molecule has 1 atom stereocenters. The summed E-state index contributed by atoms with van der Waals surface area (Å²) in [6.45, 7) is 7.11. The fraction of sp³-hybridized carbons (Fsp3) is 0.364. The number of anilines is 1. The van der Waals surface area contributed by atoms with Gasteiger partial charge in [0.2, 0.25) is 0 Å². The molecular formula is C22H24N2O7. The number of nitrogens with zero attached hydrogens (tertiary/aromatic N) is 1. The molecule has 1 aliphatic rings. The minimum Gasteiger partial charge on any atom is -0.489 e. The van der Waals surface area contributed by atoms with Gasteiger partial charge in [-0.25, -0.2) is 4.79 Å². The summed E-state index contributed by atoms with van der Waals surface area (Å²) in [5.41, 5.74) is -0.793. The molecule has 3 rings (SSSR count). The molecule has 0 aliphatic carbocycles. The largest absolute Gasteiger partial charge is 0.489 e. The zero-order valence-corrected chi connectivity index (χ0v) is 17.8. The third-order valence-corrected chi connectivity index (χ3v) is 4.41. The van der Waals surface area contributed by atoms with Gasteiger partial charge < -0.3 is 14.2 Å². The van der Waals surface area contributed by atoms with Crippen molar-refractivity contribution in [1.29, 1.82) is 0 Å². The Morgan fingerprint density at radius 1 is 1.23 bits per heavy atom. The van der Waals surface area contributed by atoms with Crippen LogP contribution in [0.15, 0.2) is 42.5 Å². The summed E-state index contributed by atoms with van der Waals surface area (Å²) in [7, 11) is 0. The number of fused-ring (bicyclic) bond motifs is 1. The number of non-ortho nitro benzene ring substituents is 1. The predicted octanol–water partition coefficient (Wildman–Crippen LogP) is 4.74. The summed E-state index contributed by atoms with van der Waals surface area (Å²) >= 11 is 0. The van der Waals surface area contributed by atoms with E-state index in [1.54, 1.807) is 45.9 Å². The van der Waals surface area contributed by atoms with E-state index in [1.165, 1.54) is 24.3 Å². The molecule has 1 N–H and O–H groups in total. The first-order chi connectivity index (χ1) is 14.4. The average molecular weight is 428 g/mol. The van der Waals surface area contributed by atoms with E-state index in [9.17, 15) is 19.7 Å². The summed E-state index contributed by atoms with van der Waals surface area (Å²) in [6.07, 6.45) is -0.541. The van der Waals surface area contributed by atoms with Gasteiger partial charge in [-0.1, -0.05) is 0 Å². The van der Waals surface area contributed by atoms with E-state index in [-0.39, 0.29) is 24.5 Å². The van der Waals surface area contributed by atoms with Crippen molar-refractivity contribution in [3.63, 3.8) is 0 Å². The monoisotopic (exact) mass is 428 g/mol. The van der Waals surface area contributed by atoms with Crippen molar-refractivity contribution in [3.8, 4) is 11.5 Å². The van der Waals surface area contributed by atoms with Crippen molar-refractivity contribution < 1.29 is 28.7 Å². The summed E-state index contributed by atoms with van der Waals surface area (Å²) in [4.78, 5) is 35.0. The molecule has 1 unspecified atom stereocenters. The zero-order chi connectivity index (χ0) is 22.8. The summed E-state index contributed by atoms with van der Waals surface area (Å²) in [6, 6.07) is 10.5. The Morgan fingerprint density at radius 2 is 1.90 bits per heavy atom. The van der Waals surface area contributed by atoms with Gasteiger partial charge in [0, 0.05) is 17.8 Å². The lowest BCUT2D eigenvalue weighted by atomic mass is 9.92. The maximum Gasteiger partial charge on any atom is 0.412 e. The first-order valence-corrected chi connectivity index (χ1v) is 9.68. The number of amides is 1. The standard InChI is InChI=1S/C22H24N2O7/c1-21(2,3)31-20(26)23-14-5-10-19-17(11-14)18(25)12-22(4,30-19)13-29-16-8-6-15(7-9-16)24(27)28/h5-11H,12-13H2,1-4H3,(H,23,26). The van der Waals surface area contributed by atoms with Crippen molar-refractivity contribution in [2.45, 2.75) is 45.3 Å². The second-order valence-corrected chi connectivity index (χ2v) is 8.53. The molecule has 0 fully saturated rings. The lowest BCUT2D eigenvalue weighted by Gasteiger charge is -2.34. The van der Waals surface area contributed by atoms with Crippen LogP contribution in [0.3, 0.4) is 0 Å². The molecule has 2 aromatic carbocycles. The van der Waals surface area contributed by atoms with E-state index in [0.717, 1.165) is 0 Å². The highest BCUT2D eigenvalue weighted by Gasteiger charge is 2.37. The minimum absolute atomic E-state index is 0.0348. The number of nitro benzene ring substituents is 1. The molecule has 1 heterocycles. The van der Waals surface area contributed by atoms with Gasteiger partial charge in [0.25, 0.3) is 5.69 Å². The third-order valence-electron chi connectivity index (χ3n) is 4.41. The van der Waals surface area contributed by atoms with E-state index in [4.69, 9.17) is 14.2 Å². The molecule has 9 heteroatoms. The SMILES string of the molecule is CC(C)(C)OC(=O)Nc1ccc2c(c1)C(=O)CC(C)(COc1ccc([N+](=O)[O-])cc1)O2. The number of rotatable bonds is 5. The van der Waals surface area contributed by atoms with Crippen LogP contribution in [0.4, 0.5) is 16.2 Å². The van der Waals surface area contributed by atoms with Crippen LogP contribution in [0.1, 0.15) is 44.5 Å². The number of benzene rings is 2. The number of hydrogen-bond acceptors (Lipinski definition) is 7. The van der Waals surface area contributed by atoms with Gasteiger partial charge in [0.05, 0.1) is 16.9 Å². The first-order valence-electron chi connectivity index (χ1n) is 9.68. The van der Waals surface area contributed by atoms with Crippen LogP contribution >= 0.6 is 0 Å². The van der Waals surface area contributed by atoms with Gasteiger partial charge in [-0.15, -0.1) is 0 Å². The molecule has 0 saturated carbocycles. The van der Waals surface area contributed by atoms with Crippen LogP contribution in [0.25, 0.3) is 0 Å². The van der Waals surface area contributed by atoms with Crippen molar-refractivity contribution >= 4 is 23.3 Å². The summed E-state index contributed by atoms with van der Waals surface area (Å²) in [5.74, 6) is 0.676. The van der Waals surface area contributed by atoms with Crippen LogP contribution in [-0.4, -0.2) is 34.6 Å². The van der Waals surface area contributed by atoms with Crippen molar-refractivity contribution in [2.75, 3.05) is 11.9 Å². The maximum absolute atomic E-state index is 12.7. The number of ketones is 1. The second-order valence-electron chi connectivity index (χ2n) is 8.53. The second kappa shape index (κ2) is 8.25. The highest BCUT2D eigenvalue weighted by Crippen LogP contribution is 2.35. The van der Waals surface area contributed by atoms with Crippen molar-refractivity contribution in [1.82, 2.24) is 0 Å². The van der Waals surface area contributed by atoms with Crippen molar-refractivity contribution in [2.24, 2.45) is 0 Å². The number of nitro groups is 1. The molecule has 0 aromatic heterocycles. The maximum atomic E-state index is 12.7. The van der Waals surface area contributed by atoms with Gasteiger partial charge in [0.15, 0.2) is 5.78 Å². The molecule has 1 amide bonds. The van der Waals surface area contributed by atoms with E-state index >= 15 is 0 Å². The molecule has 0 radical (unpaired) electrons. The third kappa shape index (κ3) is 5.71. The molecule has 0 saturated heterocycles. The Balaban J connectivity index is 1.67. The van der Waals surface area contributed by atoms with E-state index in [2.05, 4.69) is 5.32 Å². The number of Topliss-reactive ketones (excluding diaryl/α,β-unsaturated/α-hetero) is 1. The van der Waals surface area contributed by atoms with Gasteiger partial charge >= 0.3 is 6.09 Å². The fourth-order valence-corrected chi connectivity index (χ4v) is 3.05. The van der Waals surface area contributed by atoms with E-state index in [1.807, 2.05) is 0 Å². The number of carbonyl (C=O) groups is 2. The topological polar surface area (TPSA) is 117 Å². The van der Waals surface area contributed by atoms with Crippen LogP contribution in [0, 0.1) is 10.1 Å². The molecule has 0 bridgehead atoms. The van der Waals surface area contributed by atoms with Gasteiger partial charge in [-0.3, -0.25) is 20.2 Å². The number of hydrogen-bond donors (Lipinski definition) is 1. The molecule has 31 heavy (non-hydrogen) atoms. The van der Waals surface area contributed by atoms with Gasteiger partial charge in [-0.2, -0.15) is 0 Å². The molecule has 1 aliphatic heterocycles. The fourth-order valence-electron chi connectivity index (χ4n) is 3.05. The smallest absolute Gasteiger partial charge is 0.412 e. The van der Waals surface area contributed by atoms with Gasteiger partial charge in [-0.05, 0) is 58.0 Å². The predicted molar refractivity (Wildman–Crippen MR) is 113 cm³/mol. The number of carbonyl (C=O) groups excluding carboxylic acids is 2. The van der Waals surface area contributed by atoms with Crippen LogP contribution in [0.2, 0.25) is 0 Å². The Hall–Kier alpha value is -3.62. The Morgan fingerprint density at radius 3 is 2.52 bits per heavy atom. The first kappa shape index (κ1) is 22.1. The zero-order valence-electron chi connectivity index (χ0n) is 17.8. The average Bonchev–Trinajstić information content (AvgIpc) is 2.66. The highest BCUT2D eigenvalue weighted by atomic mass is 16.6. The molecule has 9 nitrogen and oxygen atoms in total. The normalized spacial score (nSPS) is 17.9. The highest BCUT2D eigenvalue weighted by molar-refractivity contribution is 6.02. The van der Waals surface area contributed by atoms with Crippen LogP contribution < -0.4 is 14.8 Å². The van der Waals surface area contributed by atoms with Gasteiger partial charge in [0.1, 0.15) is 29.3 Å². The van der Waals surface area contributed by atoms with Crippen LogP contribution in [-0.2, 0) is 4.74 Å². The number of nitrogens with one attached hydrogen (secondary N) is 1. The summed E-state index contributed by atoms with van der Waals surface area (Å²) < 4.78 is 16.9. The number of ether oxygens (including phenoxy) is 3.